The zero-order chi connectivity index (χ0) is 21.8. The molecule has 4 rings (SSSR count). The molecule has 1 atom stereocenters. The molecule has 3 aliphatic rings. The van der Waals surface area contributed by atoms with Crippen LogP contribution >= 0.6 is 11.8 Å². The number of nitrogens with two attached hydrogens (primary N) is 1. The summed E-state index contributed by atoms with van der Waals surface area (Å²) in [6, 6.07) is 0. The highest BCUT2D eigenvalue weighted by Crippen LogP contribution is 2.34. The van der Waals surface area contributed by atoms with Gasteiger partial charge in [-0.3, -0.25) is 9.59 Å². The predicted octanol–water partition coefficient (Wildman–Crippen LogP) is 2.21. The standard InChI is InChI=1S/C23H27N5O2S/c1-23(24)12-11-18-21(31-23)22(30)26-19(25-18)9-10-20(29)28-15-13-27(14-16-28)17-7-5-3-2-4-6-8-17/h2-8,11-12H,9-10,13-16,24H2,1H3,(H,25,26,30)/b3-2-,4-2?,5-3?,6-4-,7-5-,8-6?,17-7?,17-8+. The number of nitrogens with zero attached hydrogens (tertiary/aromatic N) is 3. The van der Waals surface area contributed by atoms with Crippen LogP contribution < -0.4 is 11.3 Å². The average molecular weight is 438 g/mol. The van der Waals surface area contributed by atoms with E-state index in [1.807, 2.05) is 48.3 Å². The molecule has 1 aromatic heterocycles. The molecule has 3 N–H and O–H groups in total. The van der Waals surface area contributed by atoms with E-state index in [2.05, 4.69) is 27.0 Å². The summed E-state index contributed by atoms with van der Waals surface area (Å²) >= 11 is 1.30. The Bertz CT molecular complexity index is 1060. The van der Waals surface area contributed by atoms with E-state index in [9.17, 15) is 9.59 Å². The highest BCUT2D eigenvalue weighted by Gasteiger charge is 2.26. The molecule has 0 radical (unpaired) electrons. The lowest BCUT2D eigenvalue weighted by atomic mass is 10.2. The summed E-state index contributed by atoms with van der Waals surface area (Å²) in [7, 11) is 0. The molecule has 2 aliphatic heterocycles. The molecule has 8 heteroatoms. The van der Waals surface area contributed by atoms with Gasteiger partial charge in [-0.2, -0.15) is 0 Å². The third kappa shape index (κ3) is 5.26. The summed E-state index contributed by atoms with van der Waals surface area (Å²) in [5.74, 6) is 0.621. The number of carbonyl (C=O) groups excluding carboxylic acids is 1. The highest BCUT2D eigenvalue weighted by molar-refractivity contribution is 8.00. The second-order valence-corrected chi connectivity index (χ2v) is 9.43. The topological polar surface area (TPSA) is 95.3 Å². The van der Waals surface area contributed by atoms with Crippen LogP contribution in [0.1, 0.15) is 24.9 Å². The normalized spacial score (nSPS) is 27.5. The van der Waals surface area contributed by atoms with Crippen LogP contribution in [0, 0.1) is 0 Å². The number of hydrogen-bond acceptors (Lipinski definition) is 6. The third-order valence-electron chi connectivity index (χ3n) is 5.40. The van der Waals surface area contributed by atoms with Crippen molar-refractivity contribution < 1.29 is 4.79 Å². The Morgan fingerprint density at radius 2 is 1.90 bits per heavy atom. The summed E-state index contributed by atoms with van der Waals surface area (Å²) in [4.78, 5) is 36.6. The first-order valence-corrected chi connectivity index (χ1v) is 11.3. The van der Waals surface area contributed by atoms with Gasteiger partial charge in [-0.25, -0.2) is 4.98 Å². The second kappa shape index (κ2) is 9.11. The molecule has 162 valence electrons. The summed E-state index contributed by atoms with van der Waals surface area (Å²) < 4.78 is 0. The molecule has 1 aliphatic carbocycles. The van der Waals surface area contributed by atoms with E-state index in [-0.39, 0.29) is 11.5 Å². The number of nitrogens with one attached hydrogen (secondary N) is 1. The van der Waals surface area contributed by atoms with Crippen LogP contribution in [0.15, 0.2) is 64.0 Å². The number of allylic oxidation sites excluding steroid dienone is 7. The molecule has 31 heavy (non-hydrogen) atoms. The van der Waals surface area contributed by atoms with Crippen LogP contribution in [0.5, 0.6) is 0 Å². The van der Waals surface area contributed by atoms with Crippen molar-refractivity contribution in [2.75, 3.05) is 26.2 Å². The molecule has 0 spiro atoms. The molecule has 1 fully saturated rings. The molecule has 1 amide bonds. The van der Waals surface area contributed by atoms with Gasteiger partial charge < -0.3 is 20.5 Å². The SMILES string of the molecule is CC1(N)C=Cc2nc(CCC(=O)N3CCN(C4=C/C=C\C=C/C=C\4)CC3)[nH]c(=O)c2S1. The first-order chi connectivity index (χ1) is 14.9. The van der Waals surface area contributed by atoms with Gasteiger partial charge in [0, 0.05) is 44.7 Å². The maximum atomic E-state index is 12.7. The molecule has 3 heterocycles. The van der Waals surface area contributed by atoms with Gasteiger partial charge in [0.1, 0.15) is 10.7 Å². The van der Waals surface area contributed by atoms with Crippen molar-refractivity contribution in [2.45, 2.75) is 29.5 Å². The Balaban J connectivity index is 1.32. The molecule has 1 saturated heterocycles. The van der Waals surface area contributed by atoms with E-state index in [0.717, 1.165) is 18.8 Å². The molecular formula is C23H27N5O2S. The number of amides is 1. The van der Waals surface area contributed by atoms with E-state index in [1.54, 1.807) is 6.08 Å². The van der Waals surface area contributed by atoms with Crippen molar-refractivity contribution in [1.29, 1.82) is 0 Å². The van der Waals surface area contributed by atoms with Gasteiger partial charge in [-0.15, -0.1) is 0 Å². The van der Waals surface area contributed by atoms with Gasteiger partial charge in [-0.1, -0.05) is 48.2 Å². The van der Waals surface area contributed by atoms with Crippen LogP contribution in [0.3, 0.4) is 0 Å². The first kappa shape index (κ1) is 21.4. The van der Waals surface area contributed by atoms with Gasteiger partial charge in [0.05, 0.1) is 10.6 Å². The Morgan fingerprint density at radius 1 is 1.16 bits per heavy atom. The van der Waals surface area contributed by atoms with Gasteiger partial charge in [-0.05, 0) is 25.2 Å². The Labute approximate surface area is 186 Å². The van der Waals surface area contributed by atoms with Crippen LogP contribution in [0.4, 0.5) is 0 Å². The summed E-state index contributed by atoms with van der Waals surface area (Å²) in [5.41, 5.74) is 7.66. The van der Waals surface area contributed by atoms with E-state index < -0.39 is 4.87 Å². The van der Waals surface area contributed by atoms with Gasteiger partial charge in [0.15, 0.2) is 0 Å². The fourth-order valence-corrected chi connectivity index (χ4v) is 4.66. The number of carbonyl (C=O) groups is 1. The molecule has 1 unspecified atom stereocenters. The molecule has 0 bridgehead atoms. The van der Waals surface area contributed by atoms with Crippen molar-refractivity contribution >= 4 is 23.7 Å². The number of rotatable bonds is 4. The van der Waals surface area contributed by atoms with Gasteiger partial charge in [0.25, 0.3) is 5.56 Å². The Morgan fingerprint density at radius 3 is 2.71 bits per heavy atom. The minimum atomic E-state index is -0.615. The maximum absolute atomic E-state index is 12.7. The Kier molecular flexibility index (Phi) is 6.29. The molecule has 0 aromatic carbocycles. The van der Waals surface area contributed by atoms with Crippen LogP contribution in [0.2, 0.25) is 0 Å². The summed E-state index contributed by atoms with van der Waals surface area (Å²) in [6.07, 6.45) is 18.6. The first-order valence-electron chi connectivity index (χ1n) is 10.5. The van der Waals surface area contributed by atoms with Crippen molar-refractivity contribution in [3.63, 3.8) is 0 Å². The fourth-order valence-electron chi connectivity index (χ4n) is 3.72. The lowest BCUT2D eigenvalue weighted by Crippen LogP contribution is -2.48. The molecule has 7 nitrogen and oxygen atoms in total. The van der Waals surface area contributed by atoms with E-state index in [4.69, 9.17) is 5.73 Å². The number of piperazine rings is 1. The number of hydrogen-bond donors (Lipinski definition) is 2. The minimum absolute atomic E-state index is 0.0875. The van der Waals surface area contributed by atoms with Crippen molar-refractivity contribution in [3.05, 3.63) is 76.2 Å². The number of aromatic nitrogens is 2. The lowest BCUT2D eigenvalue weighted by Gasteiger charge is -2.36. The van der Waals surface area contributed by atoms with Crippen LogP contribution in [0.25, 0.3) is 6.08 Å². The smallest absolute Gasteiger partial charge is 0.265 e. The second-order valence-electron chi connectivity index (χ2n) is 7.93. The van der Waals surface area contributed by atoms with Crippen molar-refractivity contribution in [1.82, 2.24) is 19.8 Å². The Hall–Kier alpha value is -2.84. The van der Waals surface area contributed by atoms with Gasteiger partial charge >= 0.3 is 0 Å². The summed E-state index contributed by atoms with van der Waals surface area (Å²) in [6.45, 7) is 4.82. The average Bonchev–Trinajstić information content (AvgIpc) is 2.72. The van der Waals surface area contributed by atoms with Crippen molar-refractivity contribution in [3.8, 4) is 0 Å². The third-order valence-corrected chi connectivity index (χ3v) is 6.57. The number of aromatic amines is 1. The van der Waals surface area contributed by atoms with E-state index in [1.165, 1.54) is 11.8 Å². The zero-order valence-electron chi connectivity index (χ0n) is 17.6. The van der Waals surface area contributed by atoms with Crippen LogP contribution in [-0.4, -0.2) is 56.7 Å². The van der Waals surface area contributed by atoms with Crippen LogP contribution in [-0.2, 0) is 11.2 Å². The molecule has 1 aromatic rings. The zero-order valence-corrected chi connectivity index (χ0v) is 18.4. The van der Waals surface area contributed by atoms with Crippen molar-refractivity contribution in [2.24, 2.45) is 5.73 Å². The number of thioether (sulfide) groups is 1. The number of H-pyrrole nitrogens is 1. The number of aryl methyl sites for hydroxylation is 1. The monoisotopic (exact) mass is 437 g/mol. The lowest BCUT2D eigenvalue weighted by molar-refractivity contribution is -0.132. The van der Waals surface area contributed by atoms with Gasteiger partial charge in [0.2, 0.25) is 5.91 Å². The van der Waals surface area contributed by atoms with E-state index >= 15 is 0 Å². The largest absolute Gasteiger partial charge is 0.368 e. The molecular weight excluding hydrogens is 410 g/mol. The molecule has 0 saturated carbocycles. The quantitative estimate of drug-likeness (QED) is 0.750. The van der Waals surface area contributed by atoms with E-state index in [0.29, 0.717) is 42.3 Å². The highest BCUT2D eigenvalue weighted by atomic mass is 32.2. The number of fused-ring (bicyclic) bond motifs is 1. The fraction of sp³-hybridized carbons (Fsp3) is 0.348. The minimum Gasteiger partial charge on any atom is -0.368 e. The maximum Gasteiger partial charge on any atom is 0.265 e. The summed E-state index contributed by atoms with van der Waals surface area (Å²) in [5, 5.41) is 0. The predicted molar refractivity (Wildman–Crippen MR) is 124 cm³/mol.